The van der Waals surface area contributed by atoms with Crippen molar-refractivity contribution in [3.8, 4) is 5.75 Å². The van der Waals surface area contributed by atoms with E-state index in [0.717, 1.165) is 43.9 Å². The smallest absolute Gasteiger partial charge is 0.125 e. The summed E-state index contributed by atoms with van der Waals surface area (Å²) in [5.41, 5.74) is 2.30. The highest BCUT2D eigenvalue weighted by Crippen LogP contribution is 2.43. The van der Waals surface area contributed by atoms with Crippen LogP contribution in [0.15, 0.2) is 48.5 Å². The molecule has 1 N–H and O–H groups in total. The molecular formula is C25H32FN3OS. The molecule has 1 saturated carbocycles. The summed E-state index contributed by atoms with van der Waals surface area (Å²) in [4.78, 5) is 2.58. The number of halogens is 1. The van der Waals surface area contributed by atoms with Crippen molar-refractivity contribution in [1.29, 1.82) is 0 Å². The molecule has 2 atom stereocenters. The number of hydrogen-bond acceptors (Lipinski definition) is 5. The summed E-state index contributed by atoms with van der Waals surface area (Å²) in [7, 11) is 0. The zero-order valence-electron chi connectivity index (χ0n) is 18.2. The van der Waals surface area contributed by atoms with Crippen LogP contribution in [0.3, 0.4) is 0 Å². The lowest BCUT2D eigenvalue weighted by molar-refractivity contribution is 0.106. The summed E-state index contributed by atoms with van der Waals surface area (Å²) in [6.45, 7) is 5.23. The van der Waals surface area contributed by atoms with Gasteiger partial charge in [-0.3, -0.25) is 9.21 Å². The van der Waals surface area contributed by atoms with Crippen LogP contribution in [0.4, 0.5) is 10.1 Å². The van der Waals surface area contributed by atoms with Crippen molar-refractivity contribution in [2.75, 3.05) is 17.4 Å². The molecule has 6 heteroatoms. The number of piperidine rings is 1. The van der Waals surface area contributed by atoms with Gasteiger partial charge in [-0.2, -0.15) is 0 Å². The summed E-state index contributed by atoms with van der Waals surface area (Å²) in [5.74, 6) is 0.838. The average molecular weight is 442 g/mol. The highest BCUT2D eigenvalue weighted by atomic mass is 32.2. The first-order valence-corrected chi connectivity index (χ1v) is 12.3. The second-order valence-electron chi connectivity index (χ2n) is 9.36. The fourth-order valence-corrected chi connectivity index (χ4v) is 6.52. The quantitative estimate of drug-likeness (QED) is 0.615. The average Bonchev–Trinajstić information content (AvgIpc) is 3.41. The normalized spacial score (nSPS) is 27.3. The van der Waals surface area contributed by atoms with Crippen molar-refractivity contribution in [2.45, 2.75) is 69.7 Å². The van der Waals surface area contributed by atoms with E-state index in [-0.39, 0.29) is 11.4 Å². The molecule has 3 fully saturated rings. The molecule has 1 spiro atoms. The first-order valence-electron chi connectivity index (χ1n) is 11.6. The summed E-state index contributed by atoms with van der Waals surface area (Å²) < 4.78 is 25.8. The van der Waals surface area contributed by atoms with Gasteiger partial charge in [-0.15, -0.1) is 0 Å². The molecule has 166 valence electrons. The van der Waals surface area contributed by atoms with Crippen LogP contribution in [-0.4, -0.2) is 35.7 Å². The largest absolute Gasteiger partial charge is 0.490 e. The Morgan fingerprint density at radius 1 is 1.16 bits per heavy atom. The molecule has 3 aliphatic rings. The standard InChI is InChI=1S/C25H32FN3OS/c1-19-16-25(18-27-31-29(25)22-8-5-7-21(26)15-22)12-13-28(19)17-20-6-4-11-24(14-20)30-23-9-2-3-10-23/h4-8,11,14-15,19,23,27H,2-3,9-10,12-13,16-18H2,1H3/t19-,25+/m0/s1. The molecule has 0 aromatic heterocycles. The third-order valence-corrected chi connectivity index (χ3v) is 8.14. The minimum Gasteiger partial charge on any atom is -0.490 e. The molecule has 0 bridgehead atoms. The summed E-state index contributed by atoms with van der Waals surface area (Å²) in [6.07, 6.45) is 7.46. The van der Waals surface area contributed by atoms with Crippen LogP contribution in [-0.2, 0) is 6.54 Å². The van der Waals surface area contributed by atoms with E-state index >= 15 is 0 Å². The number of nitrogens with zero attached hydrogens (tertiary/aromatic N) is 2. The number of anilines is 1. The van der Waals surface area contributed by atoms with Gasteiger partial charge in [-0.25, -0.2) is 9.11 Å². The van der Waals surface area contributed by atoms with E-state index in [4.69, 9.17) is 4.74 Å². The molecule has 1 aliphatic carbocycles. The summed E-state index contributed by atoms with van der Waals surface area (Å²) in [6, 6.07) is 16.1. The lowest BCUT2D eigenvalue weighted by Crippen LogP contribution is -2.56. The van der Waals surface area contributed by atoms with Crippen LogP contribution in [0.25, 0.3) is 0 Å². The molecule has 2 aliphatic heterocycles. The topological polar surface area (TPSA) is 27.7 Å². The monoisotopic (exact) mass is 441 g/mol. The maximum absolute atomic E-state index is 13.8. The van der Waals surface area contributed by atoms with E-state index in [0.29, 0.717) is 12.1 Å². The Kier molecular flexibility index (Phi) is 6.13. The Balaban J connectivity index is 1.25. The van der Waals surface area contributed by atoms with Crippen molar-refractivity contribution in [3.63, 3.8) is 0 Å². The van der Waals surface area contributed by atoms with Gasteiger partial charge in [0.25, 0.3) is 0 Å². The van der Waals surface area contributed by atoms with Gasteiger partial charge < -0.3 is 4.74 Å². The van der Waals surface area contributed by atoms with Gasteiger partial charge in [-0.1, -0.05) is 18.2 Å². The van der Waals surface area contributed by atoms with Crippen molar-refractivity contribution in [3.05, 3.63) is 59.9 Å². The van der Waals surface area contributed by atoms with Crippen molar-refractivity contribution >= 4 is 17.8 Å². The van der Waals surface area contributed by atoms with E-state index in [1.165, 1.54) is 37.3 Å². The van der Waals surface area contributed by atoms with E-state index in [1.54, 1.807) is 24.3 Å². The third-order valence-electron chi connectivity index (χ3n) is 7.08. The Morgan fingerprint density at radius 3 is 2.81 bits per heavy atom. The molecule has 2 saturated heterocycles. The summed E-state index contributed by atoms with van der Waals surface area (Å²) >= 11 is 1.62. The Labute approximate surface area is 189 Å². The zero-order valence-corrected chi connectivity index (χ0v) is 19.0. The molecule has 0 unspecified atom stereocenters. The van der Waals surface area contributed by atoms with Crippen molar-refractivity contribution in [2.24, 2.45) is 0 Å². The number of likely N-dealkylation sites (tertiary alicyclic amines) is 1. The minimum atomic E-state index is -0.176. The molecule has 5 rings (SSSR count). The van der Waals surface area contributed by atoms with E-state index < -0.39 is 0 Å². The Hall–Kier alpha value is -1.76. The number of benzene rings is 2. The number of ether oxygens (including phenoxy) is 1. The molecule has 2 heterocycles. The lowest BCUT2D eigenvalue weighted by Gasteiger charge is -2.47. The summed E-state index contributed by atoms with van der Waals surface area (Å²) in [5, 5.41) is 0. The predicted molar refractivity (Wildman–Crippen MR) is 126 cm³/mol. The number of rotatable bonds is 5. The van der Waals surface area contributed by atoms with E-state index in [1.807, 2.05) is 6.07 Å². The van der Waals surface area contributed by atoms with Gasteiger partial charge in [0, 0.05) is 37.8 Å². The predicted octanol–water partition coefficient (Wildman–Crippen LogP) is 5.54. The Morgan fingerprint density at radius 2 is 2.00 bits per heavy atom. The maximum atomic E-state index is 13.8. The Bertz CT molecular complexity index is 906. The third kappa shape index (κ3) is 4.57. The fourth-order valence-electron chi connectivity index (χ4n) is 5.41. The van der Waals surface area contributed by atoms with Crippen LogP contribution < -0.4 is 13.8 Å². The van der Waals surface area contributed by atoms with E-state index in [9.17, 15) is 4.39 Å². The van der Waals surface area contributed by atoms with Gasteiger partial charge in [0.15, 0.2) is 0 Å². The second kappa shape index (κ2) is 9.00. The maximum Gasteiger partial charge on any atom is 0.125 e. The molecule has 2 aromatic carbocycles. The first kappa shape index (κ1) is 21.1. The zero-order chi connectivity index (χ0) is 21.3. The fraction of sp³-hybridized carbons (Fsp3) is 0.520. The van der Waals surface area contributed by atoms with Gasteiger partial charge >= 0.3 is 0 Å². The van der Waals surface area contributed by atoms with Crippen molar-refractivity contribution < 1.29 is 9.13 Å². The highest BCUT2D eigenvalue weighted by Gasteiger charge is 2.46. The number of nitrogens with one attached hydrogen (secondary N) is 1. The molecule has 0 radical (unpaired) electrons. The SMILES string of the molecule is C[C@H]1C[C@]2(CCN1Cc1cccc(OC3CCCC3)c1)CNSN2c1cccc(F)c1. The van der Waals surface area contributed by atoms with Gasteiger partial charge in [-0.05, 0) is 81.3 Å². The van der Waals surface area contributed by atoms with Crippen LogP contribution in [0.5, 0.6) is 5.75 Å². The molecule has 4 nitrogen and oxygen atoms in total. The molecule has 0 amide bonds. The first-order chi connectivity index (χ1) is 15.1. The van der Waals surface area contributed by atoms with Gasteiger partial charge in [0.2, 0.25) is 0 Å². The van der Waals surface area contributed by atoms with Gasteiger partial charge in [0.05, 0.1) is 17.3 Å². The molecule has 31 heavy (non-hydrogen) atoms. The molecular weight excluding hydrogens is 409 g/mol. The van der Waals surface area contributed by atoms with Gasteiger partial charge in [0.1, 0.15) is 11.6 Å². The van der Waals surface area contributed by atoms with Crippen molar-refractivity contribution in [1.82, 2.24) is 9.62 Å². The highest BCUT2D eigenvalue weighted by molar-refractivity contribution is 7.99. The molecule has 2 aromatic rings. The van der Waals surface area contributed by atoms with E-state index in [2.05, 4.69) is 45.1 Å². The number of hydrogen-bond donors (Lipinski definition) is 1. The van der Waals surface area contributed by atoms with Crippen LogP contribution in [0.2, 0.25) is 0 Å². The van der Waals surface area contributed by atoms with Crippen LogP contribution >= 0.6 is 12.1 Å². The lowest BCUT2D eigenvalue weighted by atomic mass is 9.83. The minimum absolute atomic E-state index is 0.0296. The van der Waals surface area contributed by atoms with Crippen LogP contribution in [0.1, 0.15) is 51.0 Å². The second-order valence-corrected chi connectivity index (χ2v) is 10.2. The van der Waals surface area contributed by atoms with Crippen LogP contribution in [0, 0.1) is 5.82 Å².